The fraction of sp³-hybridized carbons (Fsp3) is 0.750. The van der Waals surface area contributed by atoms with E-state index in [1.54, 1.807) is 5.32 Å². The lowest BCUT2D eigenvalue weighted by molar-refractivity contribution is -0.250. The molecular weight excluding hydrogens is 172 g/mol. The van der Waals surface area contributed by atoms with Gasteiger partial charge in [-0.15, -0.1) is 0 Å². The van der Waals surface area contributed by atoms with Gasteiger partial charge in [0.2, 0.25) is 5.91 Å². The molecule has 0 spiro atoms. The Kier molecular flexibility index (Phi) is 3.25. The zero-order chi connectivity index (χ0) is 9.84. The van der Waals surface area contributed by atoms with Gasteiger partial charge in [0, 0.05) is 6.54 Å². The number of hydrogen-bond acceptors (Lipinski definition) is 4. The van der Waals surface area contributed by atoms with Crippen LogP contribution in [-0.2, 0) is 4.79 Å². The third kappa shape index (κ3) is 3.02. The van der Waals surface area contributed by atoms with Crippen LogP contribution in [0.4, 0.5) is 4.79 Å². The van der Waals surface area contributed by atoms with Crippen molar-refractivity contribution in [3.63, 3.8) is 0 Å². The van der Waals surface area contributed by atoms with E-state index in [2.05, 4.69) is 0 Å². The highest BCUT2D eigenvalue weighted by molar-refractivity contribution is 5.91. The average Bonchev–Trinajstić information content (AvgIpc) is 2.03. The van der Waals surface area contributed by atoms with Crippen LogP contribution in [0.5, 0.6) is 0 Å². The van der Waals surface area contributed by atoms with E-state index >= 15 is 0 Å². The minimum absolute atomic E-state index is 0.211. The molecule has 2 amide bonds. The van der Waals surface area contributed by atoms with E-state index in [0.29, 0.717) is 6.54 Å². The van der Waals surface area contributed by atoms with Crippen LogP contribution in [0.1, 0.15) is 12.8 Å². The Labute approximate surface area is 76.7 Å². The minimum Gasteiger partial charge on any atom is -0.530 e. The van der Waals surface area contributed by atoms with E-state index < -0.39 is 12.0 Å². The quantitative estimate of drug-likeness (QED) is 0.556. The van der Waals surface area contributed by atoms with Gasteiger partial charge in [0.25, 0.3) is 0 Å². The number of imide groups is 1. The second-order valence-electron chi connectivity index (χ2n) is 3.38. The van der Waals surface area contributed by atoms with Gasteiger partial charge >= 0.3 is 0 Å². The molecule has 1 aliphatic heterocycles. The molecule has 74 valence electrons. The molecule has 0 aromatic rings. The Bertz CT molecular complexity index is 217. The fourth-order valence-electron chi connectivity index (χ4n) is 1.58. The number of amides is 2. The van der Waals surface area contributed by atoms with Crippen LogP contribution in [0, 0.1) is 5.92 Å². The molecule has 0 saturated carbocycles. The highest BCUT2D eigenvalue weighted by Gasteiger charge is 2.23. The number of carbonyl (C=O) groups excluding carboxylic acids is 2. The largest absolute Gasteiger partial charge is 0.530 e. The van der Waals surface area contributed by atoms with Gasteiger partial charge in [-0.2, -0.15) is 0 Å². The number of nitrogens with zero attached hydrogens (tertiary/aromatic N) is 1. The van der Waals surface area contributed by atoms with Gasteiger partial charge in [-0.05, 0) is 26.4 Å². The summed E-state index contributed by atoms with van der Waals surface area (Å²) < 4.78 is 0. The highest BCUT2D eigenvalue weighted by Crippen LogP contribution is 2.14. The van der Waals surface area contributed by atoms with Crippen LogP contribution >= 0.6 is 0 Å². The van der Waals surface area contributed by atoms with Gasteiger partial charge in [0.05, 0.1) is 5.92 Å². The number of carbonyl (C=O) groups is 2. The lowest BCUT2D eigenvalue weighted by Crippen LogP contribution is -2.47. The van der Waals surface area contributed by atoms with Crippen molar-refractivity contribution in [3.05, 3.63) is 0 Å². The SMILES string of the molecule is CN1CCCC(C(=O)NC(=O)[O-])C1. The molecule has 5 heteroatoms. The molecular formula is C8H13N2O3-. The van der Waals surface area contributed by atoms with Crippen molar-refractivity contribution in [1.29, 1.82) is 0 Å². The Balaban J connectivity index is 2.41. The van der Waals surface area contributed by atoms with Crippen molar-refractivity contribution in [1.82, 2.24) is 10.2 Å². The molecule has 0 aromatic carbocycles. The Morgan fingerprint density at radius 2 is 2.23 bits per heavy atom. The number of likely N-dealkylation sites (tertiary alicyclic amines) is 1. The lowest BCUT2D eigenvalue weighted by Gasteiger charge is -2.28. The molecule has 0 bridgehead atoms. The highest BCUT2D eigenvalue weighted by atomic mass is 16.4. The normalized spacial score (nSPS) is 23.9. The maximum atomic E-state index is 11.2. The zero-order valence-electron chi connectivity index (χ0n) is 7.58. The van der Waals surface area contributed by atoms with Crippen molar-refractivity contribution in [2.75, 3.05) is 20.1 Å². The number of piperidine rings is 1. The Morgan fingerprint density at radius 1 is 1.54 bits per heavy atom. The van der Waals surface area contributed by atoms with Crippen molar-refractivity contribution in [3.8, 4) is 0 Å². The first-order chi connectivity index (χ1) is 6.09. The van der Waals surface area contributed by atoms with Gasteiger partial charge < -0.3 is 20.1 Å². The average molecular weight is 185 g/mol. The predicted molar refractivity (Wildman–Crippen MR) is 43.8 cm³/mol. The van der Waals surface area contributed by atoms with E-state index in [-0.39, 0.29) is 5.92 Å². The topological polar surface area (TPSA) is 72.5 Å². The summed E-state index contributed by atoms with van der Waals surface area (Å²) in [5.41, 5.74) is 0. The third-order valence-corrected chi connectivity index (χ3v) is 2.22. The molecule has 1 N–H and O–H groups in total. The summed E-state index contributed by atoms with van der Waals surface area (Å²) in [5.74, 6) is -0.650. The molecule has 1 saturated heterocycles. The molecule has 1 atom stereocenters. The molecule has 1 heterocycles. The van der Waals surface area contributed by atoms with Crippen molar-refractivity contribution in [2.45, 2.75) is 12.8 Å². The number of rotatable bonds is 1. The summed E-state index contributed by atoms with van der Waals surface area (Å²) in [5, 5.41) is 11.9. The maximum absolute atomic E-state index is 11.2. The maximum Gasteiger partial charge on any atom is 0.229 e. The molecule has 0 aliphatic carbocycles. The number of carboxylic acid groups (broad SMARTS) is 1. The molecule has 5 nitrogen and oxygen atoms in total. The van der Waals surface area contributed by atoms with Crippen molar-refractivity contribution < 1.29 is 14.7 Å². The van der Waals surface area contributed by atoms with Crippen LogP contribution in [0.15, 0.2) is 0 Å². The molecule has 0 radical (unpaired) electrons. The van der Waals surface area contributed by atoms with Gasteiger partial charge in [0.1, 0.15) is 6.09 Å². The second-order valence-corrected chi connectivity index (χ2v) is 3.38. The number of nitrogens with one attached hydrogen (secondary N) is 1. The fourth-order valence-corrected chi connectivity index (χ4v) is 1.58. The molecule has 1 unspecified atom stereocenters. The summed E-state index contributed by atoms with van der Waals surface area (Å²) >= 11 is 0. The summed E-state index contributed by atoms with van der Waals surface area (Å²) in [6.45, 7) is 1.59. The smallest absolute Gasteiger partial charge is 0.229 e. The van der Waals surface area contributed by atoms with Gasteiger partial charge in [-0.1, -0.05) is 0 Å². The molecule has 1 aliphatic rings. The van der Waals surface area contributed by atoms with E-state index in [1.165, 1.54) is 0 Å². The van der Waals surface area contributed by atoms with Gasteiger partial charge in [-0.25, -0.2) is 0 Å². The third-order valence-electron chi connectivity index (χ3n) is 2.22. The molecule has 1 rings (SSSR count). The first-order valence-electron chi connectivity index (χ1n) is 4.30. The summed E-state index contributed by atoms with van der Waals surface area (Å²) in [7, 11) is 1.92. The standard InChI is InChI=1S/C8H14N2O3/c1-10-4-2-3-6(5-10)7(11)9-8(12)13/h6H,2-5H2,1H3,(H,9,11)(H,12,13)/p-1. The van der Waals surface area contributed by atoms with Crippen LogP contribution in [-0.4, -0.2) is 37.0 Å². The summed E-state index contributed by atoms with van der Waals surface area (Å²) in [6.07, 6.45) is 0.170. The predicted octanol–water partition coefficient (Wildman–Crippen LogP) is -1.21. The monoisotopic (exact) mass is 185 g/mol. The van der Waals surface area contributed by atoms with Crippen LogP contribution in [0.3, 0.4) is 0 Å². The Morgan fingerprint density at radius 3 is 2.77 bits per heavy atom. The van der Waals surface area contributed by atoms with Crippen molar-refractivity contribution >= 4 is 12.0 Å². The molecule has 1 fully saturated rings. The zero-order valence-corrected chi connectivity index (χ0v) is 7.58. The first-order valence-corrected chi connectivity index (χ1v) is 4.30. The molecule has 13 heavy (non-hydrogen) atoms. The minimum atomic E-state index is -1.52. The van der Waals surface area contributed by atoms with E-state index in [9.17, 15) is 14.7 Å². The lowest BCUT2D eigenvalue weighted by atomic mass is 9.98. The van der Waals surface area contributed by atoms with Gasteiger partial charge in [0.15, 0.2) is 0 Å². The van der Waals surface area contributed by atoms with Crippen LogP contribution in [0.25, 0.3) is 0 Å². The Hall–Kier alpha value is -1.10. The number of hydrogen-bond donors (Lipinski definition) is 1. The second kappa shape index (κ2) is 4.23. The van der Waals surface area contributed by atoms with Crippen molar-refractivity contribution in [2.24, 2.45) is 5.92 Å². The van der Waals surface area contributed by atoms with E-state index in [0.717, 1.165) is 19.4 Å². The van der Waals surface area contributed by atoms with Crippen LogP contribution in [0.2, 0.25) is 0 Å². The molecule has 0 aromatic heterocycles. The first kappa shape index (κ1) is 9.98. The van der Waals surface area contributed by atoms with Crippen LogP contribution < -0.4 is 10.4 Å². The van der Waals surface area contributed by atoms with E-state index in [4.69, 9.17) is 0 Å². The summed E-state index contributed by atoms with van der Waals surface area (Å²) in [4.78, 5) is 23.3. The van der Waals surface area contributed by atoms with E-state index in [1.807, 2.05) is 11.9 Å². The van der Waals surface area contributed by atoms with Gasteiger partial charge in [-0.3, -0.25) is 4.79 Å². The summed E-state index contributed by atoms with van der Waals surface area (Å²) in [6, 6.07) is 0.